The van der Waals surface area contributed by atoms with Gasteiger partial charge in [-0.15, -0.1) is 0 Å². The van der Waals surface area contributed by atoms with Gasteiger partial charge in [0.15, 0.2) is 0 Å². The van der Waals surface area contributed by atoms with E-state index in [9.17, 15) is 14.9 Å². The Labute approximate surface area is 199 Å². The van der Waals surface area contributed by atoms with Crippen molar-refractivity contribution in [3.05, 3.63) is 58.1 Å². The Morgan fingerprint density at radius 1 is 0.909 bits per heavy atom. The molecule has 0 aliphatic carbocycles. The van der Waals surface area contributed by atoms with Crippen LogP contribution in [0.15, 0.2) is 30.3 Å². The van der Waals surface area contributed by atoms with Gasteiger partial charge in [0.2, 0.25) is 0 Å². The number of aryl methyl sites for hydroxylation is 4. The van der Waals surface area contributed by atoms with E-state index in [1.54, 1.807) is 12.1 Å². The Bertz CT molecular complexity index is 1020. The van der Waals surface area contributed by atoms with Crippen molar-refractivity contribution < 1.29 is 9.59 Å². The van der Waals surface area contributed by atoms with E-state index in [4.69, 9.17) is 0 Å². The molecule has 0 saturated heterocycles. The van der Waals surface area contributed by atoms with Crippen LogP contribution < -0.4 is 10.6 Å². The molecular weight excluding hydrogens is 429 g/mol. The number of carbonyl (C=O) groups is 2. The van der Waals surface area contributed by atoms with Crippen LogP contribution in [0.2, 0.25) is 0 Å². The average Bonchev–Trinajstić information content (AvgIpc) is 2.78. The summed E-state index contributed by atoms with van der Waals surface area (Å²) < 4.78 is 0. The van der Waals surface area contributed by atoms with E-state index >= 15 is 0 Å². The third kappa shape index (κ3) is 6.01. The minimum absolute atomic E-state index is 0.000231. The molecule has 2 aromatic rings. The van der Waals surface area contributed by atoms with Crippen LogP contribution in [0.1, 0.15) is 55.0 Å². The summed E-state index contributed by atoms with van der Waals surface area (Å²) in [5.74, 6) is -0.0107. The fourth-order valence-corrected chi connectivity index (χ4v) is 9.42. The molecule has 178 valence electrons. The SMILES string of the molecule is CCC(C(=O)Nc1c(C)cc(C#N)cc1C)[PH](CC)(CC)CC(=O)Nc1c(C)cccc1C. The number of benzene rings is 2. The molecule has 2 aromatic carbocycles. The van der Waals surface area contributed by atoms with Crippen LogP contribution in [0.5, 0.6) is 0 Å². The molecule has 5 nitrogen and oxygen atoms in total. The molecule has 0 saturated carbocycles. The molecule has 6 heteroatoms. The molecule has 0 heterocycles. The predicted molar refractivity (Wildman–Crippen MR) is 142 cm³/mol. The van der Waals surface area contributed by atoms with E-state index < -0.39 is 7.26 Å². The summed E-state index contributed by atoms with van der Waals surface area (Å²) in [7, 11) is -2.27. The van der Waals surface area contributed by atoms with Crippen LogP contribution in [0, 0.1) is 39.0 Å². The zero-order valence-corrected chi connectivity index (χ0v) is 22.1. The molecule has 0 bridgehead atoms. The number of hydrogen-bond acceptors (Lipinski definition) is 3. The Morgan fingerprint density at radius 2 is 1.42 bits per heavy atom. The Balaban J connectivity index is 2.30. The van der Waals surface area contributed by atoms with Crippen LogP contribution in [0.4, 0.5) is 11.4 Å². The quantitative estimate of drug-likeness (QED) is 0.448. The standard InChI is InChI=1S/C27H38N3O2P/c1-8-23(27(32)30-26-20(6)14-22(16-28)15-21(26)7)33(9-2,10-3)17-24(31)29-25-18(4)12-11-13-19(25)5/h11-15,23,33H,8-10,17H2,1-7H3,(H,29,31)(H,30,32). The van der Waals surface area contributed by atoms with E-state index in [-0.39, 0.29) is 17.5 Å². The van der Waals surface area contributed by atoms with Crippen molar-refractivity contribution in [1.82, 2.24) is 0 Å². The zero-order valence-electron chi connectivity index (χ0n) is 21.1. The average molecular weight is 468 g/mol. The molecule has 0 spiro atoms. The van der Waals surface area contributed by atoms with Gasteiger partial charge in [-0.3, -0.25) is 0 Å². The summed E-state index contributed by atoms with van der Waals surface area (Å²) in [6, 6.07) is 11.7. The van der Waals surface area contributed by atoms with E-state index in [0.29, 0.717) is 18.1 Å². The first-order valence-corrected chi connectivity index (χ1v) is 14.5. The first-order chi connectivity index (χ1) is 15.6. The van der Waals surface area contributed by atoms with Crippen molar-refractivity contribution in [3.8, 4) is 6.07 Å². The van der Waals surface area contributed by atoms with E-state index in [1.807, 2.05) is 52.8 Å². The number of amides is 2. The fourth-order valence-electron chi connectivity index (χ4n) is 4.96. The second-order valence-electron chi connectivity index (χ2n) is 9.11. The molecule has 1 unspecified atom stereocenters. The molecule has 2 N–H and O–H groups in total. The summed E-state index contributed by atoms with van der Waals surface area (Å²) >= 11 is 0. The minimum atomic E-state index is -2.27. The second kappa shape index (κ2) is 11.4. The number of carbonyl (C=O) groups excluding carboxylic acids is 2. The van der Waals surface area contributed by atoms with Gasteiger partial charge in [0, 0.05) is 0 Å². The number of hydrogen-bond donors (Lipinski definition) is 2. The van der Waals surface area contributed by atoms with Gasteiger partial charge < -0.3 is 0 Å². The van der Waals surface area contributed by atoms with Crippen LogP contribution in [0.25, 0.3) is 0 Å². The van der Waals surface area contributed by atoms with Crippen LogP contribution in [-0.2, 0) is 9.59 Å². The van der Waals surface area contributed by atoms with Gasteiger partial charge in [-0.1, -0.05) is 0 Å². The number of para-hydroxylation sites is 1. The van der Waals surface area contributed by atoms with Crippen molar-refractivity contribution in [2.75, 3.05) is 29.1 Å². The van der Waals surface area contributed by atoms with E-state index in [0.717, 1.165) is 46.0 Å². The topological polar surface area (TPSA) is 82.0 Å². The maximum atomic E-state index is 13.5. The fraction of sp³-hybridized carbons (Fsp3) is 0.444. The summed E-state index contributed by atoms with van der Waals surface area (Å²) in [5, 5.41) is 15.5. The first kappa shape index (κ1) is 26.6. The molecule has 33 heavy (non-hydrogen) atoms. The molecule has 0 radical (unpaired) electrons. The van der Waals surface area contributed by atoms with Gasteiger partial charge in [-0.05, 0) is 0 Å². The van der Waals surface area contributed by atoms with Gasteiger partial charge in [0.1, 0.15) is 0 Å². The number of rotatable bonds is 9. The third-order valence-electron chi connectivity index (χ3n) is 7.04. The van der Waals surface area contributed by atoms with Crippen molar-refractivity contribution in [2.45, 2.75) is 60.5 Å². The van der Waals surface area contributed by atoms with Gasteiger partial charge in [-0.25, -0.2) is 0 Å². The number of nitrogens with one attached hydrogen (secondary N) is 2. The van der Waals surface area contributed by atoms with Crippen molar-refractivity contribution in [1.29, 1.82) is 5.26 Å². The Kier molecular flexibility index (Phi) is 9.20. The van der Waals surface area contributed by atoms with Gasteiger partial charge in [-0.2, -0.15) is 0 Å². The Morgan fingerprint density at radius 3 is 1.88 bits per heavy atom. The second-order valence-corrected chi connectivity index (χ2v) is 14.3. The number of nitriles is 1. The summed E-state index contributed by atoms with van der Waals surface area (Å²) in [6.45, 7) is 14.1. The Hall–Kier alpha value is -2.70. The number of nitrogens with zero attached hydrogens (tertiary/aromatic N) is 1. The molecule has 0 aliphatic rings. The van der Waals surface area contributed by atoms with Gasteiger partial charge in [0.05, 0.1) is 0 Å². The van der Waals surface area contributed by atoms with Gasteiger partial charge >= 0.3 is 199 Å². The molecule has 2 amide bonds. The van der Waals surface area contributed by atoms with Crippen molar-refractivity contribution in [3.63, 3.8) is 0 Å². The predicted octanol–water partition coefficient (Wildman–Crippen LogP) is 5.94. The molecule has 1 atom stereocenters. The summed E-state index contributed by atoms with van der Waals surface area (Å²) in [4.78, 5) is 26.7. The van der Waals surface area contributed by atoms with Crippen LogP contribution in [-0.4, -0.2) is 36.0 Å². The first-order valence-electron chi connectivity index (χ1n) is 11.8. The van der Waals surface area contributed by atoms with Crippen LogP contribution >= 0.6 is 7.26 Å². The van der Waals surface area contributed by atoms with Crippen LogP contribution in [0.3, 0.4) is 0 Å². The molecule has 0 fully saturated rings. The normalized spacial score (nSPS) is 12.5. The van der Waals surface area contributed by atoms with Gasteiger partial charge in [0.25, 0.3) is 0 Å². The molecular formula is C27H38N3O2P. The molecule has 2 rings (SSSR count). The van der Waals surface area contributed by atoms with Crippen molar-refractivity contribution >= 4 is 30.5 Å². The summed E-state index contributed by atoms with van der Waals surface area (Å²) in [5.41, 5.74) is 5.90. The maximum absolute atomic E-state index is 13.5. The molecule has 0 aromatic heterocycles. The third-order valence-corrected chi connectivity index (χ3v) is 13.0. The monoisotopic (exact) mass is 467 g/mol. The van der Waals surface area contributed by atoms with E-state index in [1.165, 1.54) is 0 Å². The number of anilines is 2. The van der Waals surface area contributed by atoms with Crippen molar-refractivity contribution in [2.24, 2.45) is 0 Å². The summed E-state index contributed by atoms with van der Waals surface area (Å²) in [6.07, 6.45) is 2.84. The van der Waals surface area contributed by atoms with E-state index in [2.05, 4.69) is 30.6 Å². The zero-order chi connectivity index (χ0) is 24.8. The molecule has 0 aliphatic heterocycles.